The molecule has 4 N–H and O–H groups in total. The van der Waals surface area contributed by atoms with Gasteiger partial charge in [0, 0.05) is 36.5 Å². The molecule has 1 heterocycles. The van der Waals surface area contributed by atoms with E-state index in [1.54, 1.807) is 6.07 Å². The number of hydrogen-bond donors (Lipinski definition) is 3. The monoisotopic (exact) mass is 348 g/mol. The summed E-state index contributed by atoms with van der Waals surface area (Å²) in [5.41, 5.74) is 6.20. The molecule has 1 aromatic rings. The van der Waals surface area contributed by atoms with E-state index < -0.39 is 0 Å². The maximum atomic E-state index is 12.3. The number of aromatic nitrogens is 1. The second-order valence-electron chi connectivity index (χ2n) is 7.32. The molecule has 0 saturated heterocycles. The molecular formula is C18H28N4O3. The average molecular weight is 348 g/mol. The molecule has 1 unspecified atom stereocenters. The summed E-state index contributed by atoms with van der Waals surface area (Å²) in [7, 11) is 0. The van der Waals surface area contributed by atoms with E-state index in [0.717, 1.165) is 50.7 Å². The number of amides is 2. The predicted octanol–water partition coefficient (Wildman–Crippen LogP) is 1.69. The van der Waals surface area contributed by atoms with Gasteiger partial charge in [-0.1, -0.05) is 12.1 Å². The standard InChI is InChI=1S/C18H28N4O3/c1-2-14(10-20-17(23)12-5-7-13(19)8-6-12)21-18(24)15-9-16(25-22-15)11-3-4-11/h9,11-14H,2-8,10,19H2,1H3,(H,20,23)(H,21,24). The van der Waals surface area contributed by atoms with Crippen molar-refractivity contribution in [2.75, 3.05) is 6.54 Å². The number of carbonyl (C=O) groups excluding carboxylic acids is 2. The van der Waals surface area contributed by atoms with Crippen molar-refractivity contribution in [2.45, 2.75) is 69.9 Å². The van der Waals surface area contributed by atoms with Crippen molar-refractivity contribution < 1.29 is 14.1 Å². The molecule has 2 amide bonds. The fraction of sp³-hybridized carbons (Fsp3) is 0.722. The van der Waals surface area contributed by atoms with Gasteiger partial charge in [-0.3, -0.25) is 9.59 Å². The van der Waals surface area contributed by atoms with E-state index in [0.29, 0.717) is 18.2 Å². The second-order valence-corrected chi connectivity index (χ2v) is 7.32. The van der Waals surface area contributed by atoms with Gasteiger partial charge in [0.05, 0.1) is 0 Å². The van der Waals surface area contributed by atoms with Crippen molar-refractivity contribution in [3.05, 3.63) is 17.5 Å². The van der Waals surface area contributed by atoms with E-state index in [4.69, 9.17) is 10.3 Å². The molecule has 2 aliphatic carbocycles. The normalized spacial score (nSPS) is 24.6. The van der Waals surface area contributed by atoms with Gasteiger partial charge in [-0.05, 0) is 44.9 Å². The fourth-order valence-corrected chi connectivity index (χ4v) is 3.26. The van der Waals surface area contributed by atoms with Crippen molar-refractivity contribution in [2.24, 2.45) is 11.7 Å². The van der Waals surface area contributed by atoms with E-state index >= 15 is 0 Å². The fourth-order valence-electron chi connectivity index (χ4n) is 3.26. The molecule has 0 bridgehead atoms. The van der Waals surface area contributed by atoms with Crippen LogP contribution in [0.15, 0.2) is 10.6 Å². The lowest BCUT2D eigenvalue weighted by atomic mass is 9.86. The zero-order valence-corrected chi connectivity index (χ0v) is 14.8. The van der Waals surface area contributed by atoms with Crippen LogP contribution in [-0.4, -0.2) is 35.6 Å². The minimum Gasteiger partial charge on any atom is -0.360 e. The Morgan fingerprint density at radius 3 is 2.64 bits per heavy atom. The second kappa shape index (κ2) is 7.99. The van der Waals surface area contributed by atoms with Gasteiger partial charge in [-0.15, -0.1) is 0 Å². The molecule has 0 aromatic carbocycles. The van der Waals surface area contributed by atoms with Crippen LogP contribution in [0.1, 0.15) is 74.0 Å². The SMILES string of the molecule is CCC(CNC(=O)C1CCC(N)CC1)NC(=O)c1cc(C2CC2)on1. The summed E-state index contributed by atoms with van der Waals surface area (Å²) in [6.45, 7) is 2.41. The Hall–Kier alpha value is -1.89. The average Bonchev–Trinajstić information content (AvgIpc) is 3.35. The van der Waals surface area contributed by atoms with E-state index in [2.05, 4.69) is 15.8 Å². The molecule has 0 radical (unpaired) electrons. The summed E-state index contributed by atoms with van der Waals surface area (Å²) in [6, 6.07) is 1.84. The van der Waals surface area contributed by atoms with Crippen LogP contribution in [0.2, 0.25) is 0 Å². The van der Waals surface area contributed by atoms with Gasteiger partial charge in [0.1, 0.15) is 5.76 Å². The Kier molecular flexibility index (Phi) is 5.73. The molecular weight excluding hydrogens is 320 g/mol. The highest BCUT2D eigenvalue weighted by atomic mass is 16.5. The van der Waals surface area contributed by atoms with Crippen LogP contribution in [0.4, 0.5) is 0 Å². The van der Waals surface area contributed by atoms with Crippen molar-refractivity contribution in [3.8, 4) is 0 Å². The molecule has 2 aliphatic rings. The quantitative estimate of drug-likeness (QED) is 0.694. The molecule has 3 rings (SSSR count). The third kappa shape index (κ3) is 4.81. The molecule has 7 nitrogen and oxygen atoms in total. The summed E-state index contributed by atoms with van der Waals surface area (Å²) in [6.07, 6.45) is 6.44. The van der Waals surface area contributed by atoms with E-state index in [9.17, 15) is 9.59 Å². The first-order valence-electron chi connectivity index (χ1n) is 9.37. The molecule has 138 valence electrons. The van der Waals surface area contributed by atoms with Gasteiger partial charge in [0.25, 0.3) is 5.91 Å². The first kappa shape index (κ1) is 17.9. The lowest BCUT2D eigenvalue weighted by Gasteiger charge is -2.26. The minimum atomic E-state index is -0.250. The summed E-state index contributed by atoms with van der Waals surface area (Å²) in [4.78, 5) is 24.6. The minimum absolute atomic E-state index is 0.0460. The molecule has 2 fully saturated rings. The smallest absolute Gasteiger partial charge is 0.273 e. The van der Waals surface area contributed by atoms with Crippen LogP contribution >= 0.6 is 0 Å². The zero-order chi connectivity index (χ0) is 17.8. The highest BCUT2D eigenvalue weighted by molar-refractivity contribution is 5.92. The lowest BCUT2D eigenvalue weighted by molar-refractivity contribution is -0.126. The molecule has 1 atom stereocenters. The van der Waals surface area contributed by atoms with Crippen LogP contribution in [0.5, 0.6) is 0 Å². The summed E-state index contributed by atoms with van der Waals surface area (Å²) in [5.74, 6) is 1.09. The molecule has 1 aromatic heterocycles. The molecule has 25 heavy (non-hydrogen) atoms. The highest BCUT2D eigenvalue weighted by Crippen LogP contribution is 2.40. The van der Waals surface area contributed by atoms with Crippen LogP contribution in [0, 0.1) is 5.92 Å². The number of nitrogens with two attached hydrogens (primary N) is 1. The topological polar surface area (TPSA) is 110 Å². The maximum Gasteiger partial charge on any atom is 0.273 e. The first-order valence-corrected chi connectivity index (χ1v) is 9.37. The van der Waals surface area contributed by atoms with Gasteiger partial charge in [0.15, 0.2) is 5.69 Å². The van der Waals surface area contributed by atoms with Crippen LogP contribution in [0.25, 0.3) is 0 Å². The molecule has 2 saturated carbocycles. The van der Waals surface area contributed by atoms with Crippen LogP contribution < -0.4 is 16.4 Å². The summed E-state index contributed by atoms with van der Waals surface area (Å²) in [5, 5.41) is 9.75. The Bertz CT molecular complexity index is 603. The maximum absolute atomic E-state index is 12.3. The van der Waals surface area contributed by atoms with E-state index in [1.807, 2.05) is 6.92 Å². The van der Waals surface area contributed by atoms with Crippen molar-refractivity contribution in [3.63, 3.8) is 0 Å². The number of rotatable bonds is 7. The van der Waals surface area contributed by atoms with Crippen molar-refractivity contribution >= 4 is 11.8 Å². The Labute approximate surface area is 148 Å². The first-order chi connectivity index (χ1) is 12.1. The van der Waals surface area contributed by atoms with Crippen LogP contribution in [0.3, 0.4) is 0 Å². The van der Waals surface area contributed by atoms with Gasteiger partial charge in [-0.2, -0.15) is 0 Å². The number of nitrogens with zero attached hydrogens (tertiary/aromatic N) is 1. The molecule has 7 heteroatoms. The number of nitrogens with one attached hydrogen (secondary N) is 2. The summed E-state index contributed by atoms with van der Waals surface area (Å²) < 4.78 is 5.22. The van der Waals surface area contributed by atoms with Gasteiger partial charge < -0.3 is 20.9 Å². The zero-order valence-electron chi connectivity index (χ0n) is 14.8. The third-order valence-electron chi connectivity index (χ3n) is 5.23. The van der Waals surface area contributed by atoms with Gasteiger partial charge in [0.2, 0.25) is 5.91 Å². The Morgan fingerprint density at radius 1 is 1.28 bits per heavy atom. The largest absolute Gasteiger partial charge is 0.360 e. The molecule has 0 spiro atoms. The summed E-state index contributed by atoms with van der Waals surface area (Å²) >= 11 is 0. The van der Waals surface area contributed by atoms with Crippen molar-refractivity contribution in [1.29, 1.82) is 0 Å². The van der Waals surface area contributed by atoms with Gasteiger partial charge in [-0.25, -0.2) is 0 Å². The number of carbonyl (C=O) groups is 2. The Morgan fingerprint density at radius 2 is 2.00 bits per heavy atom. The van der Waals surface area contributed by atoms with E-state index in [-0.39, 0.29) is 29.8 Å². The Balaban J connectivity index is 1.45. The van der Waals surface area contributed by atoms with Gasteiger partial charge >= 0.3 is 0 Å². The van der Waals surface area contributed by atoms with Crippen molar-refractivity contribution in [1.82, 2.24) is 15.8 Å². The highest BCUT2D eigenvalue weighted by Gasteiger charge is 2.29. The lowest BCUT2D eigenvalue weighted by Crippen LogP contribution is -2.45. The van der Waals surface area contributed by atoms with Crippen LogP contribution in [-0.2, 0) is 4.79 Å². The molecule has 0 aliphatic heterocycles. The number of hydrogen-bond acceptors (Lipinski definition) is 5. The third-order valence-corrected chi connectivity index (χ3v) is 5.23. The predicted molar refractivity (Wildman–Crippen MR) is 93.0 cm³/mol. The van der Waals surface area contributed by atoms with E-state index in [1.165, 1.54) is 0 Å².